The Labute approximate surface area is 224 Å². The first-order valence-corrected chi connectivity index (χ1v) is 14.0. The van der Waals surface area contributed by atoms with Crippen molar-refractivity contribution in [2.75, 3.05) is 32.7 Å². The van der Waals surface area contributed by atoms with Crippen LogP contribution in [0.15, 0.2) is 48.5 Å². The Hall–Kier alpha value is -2.44. The maximum absolute atomic E-state index is 14.3. The summed E-state index contributed by atoms with van der Waals surface area (Å²) in [5.41, 5.74) is 0.856. The van der Waals surface area contributed by atoms with Crippen LogP contribution >= 0.6 is 11.6 Å². The first-order valence-electron chi connectivity index (χ1n) is 13.7. The average molecular weight is 526 g/mol. The predicted octanol–water partition coefficient (Wildman–Crippen LogP) is 5.70. The van der Waals surface area contributed by atoms with Gasteiger partial charge in [0.15, 0.2) is 0 Å². The van der Waals surface area contributed by atoms with Gasteiger partial charge in [0.25, 0.3) is 5.91 Å². The summed E-state index contributed by atoms with van der Waals surface area (Å²) in [5.74, 6) is 0.0560. The number of rotatable bonds is 7. The van der Waals surface area contributed by atoms with E-state index in [1.807, 2.05) is 18.2 Å². The molecule has 2 aromatic rings. The number of carbonyl (C=O) groups excluding carboxylic acids is 2. The first-order chi connectivity index (χ1) is 17.8. The lowest BCUT2D eigenvalue weighted by Gasteiger charge is -2.34. The molecule has 198 valence electrons. The molecule has 2 aromatic carbocycles. The van der Waals surface area contributed by atoms with E-state index in [0.29, 0.717) is 24.9 Å². The zero-order chi connectivity index (χ0) is 26.0. The summed E-state index contributed by atoms with van der Waals surface area (Å²) < 4.78 is 14.3. The minimum atomic E-state index is -0.563. The molecule has 3 fully saturated rings. The standard InChI is InChI=1S/C30H37ClFN3O2/c1-30(14-6-3-7-15-30)29(37)33-26(21-9-4-2-5-10-21)13-16-34-17-22-19-35(20-23(22)18-34)28(36)27-24(31)11-8-12-25(27)32/h2,4-5,8-12,22-23,26H,3,6-7,13-20H2,1H3,(H,33,37)/t22?,23?,26-/m0/s1. The maximum atomic E-state index is 14.3. The zero-order valence-corrected chi connectivity index (χ0v) is 22.4. The summed E-state index contributed by atoms with van der Waals surface area (Å²) >= 11 is 6.14. The summed E-state index contributed by atoms with van der Waals surface area (Å²) in [6.45, 7) is 6.08. The minimum Gasteiger partial charge on any atom is -0.349 e. The van der Waals surface area contributed by atoms with Gasteiger partial charge in [-0.25, -0.2) is 4.39 Å². The van der Waals surface area contributed by atoms with Crippen molar-refractivity contribution in [1.29, 1.82) is 0 Å². The highest BCUT2D eigenvalue weighted by molar-refractivity contribution is 6.33. The minimum absolute atomic E-state index is 0.0193. The molecule has 0 bridgehead atoms. The van der Waals surface area contributed by atoms with Gasteiger partial charge in [-0.2, -0.15) is 0 Å². The van der Waals surface area contributed by atoms with E-state index in [2.05, 4.69) is 29.3 Å². The van der Waals surface area contributed by atoms with Crippen molar-refractivity contribution in [1.82, 2.24) is 15.1 Å². The van der Waals surface area contributed by atoms with Crippen molar-refractivity contribution in [3.8, 4) is 0 Å². The summed E-state index contributed by atoms with van der Waals surface area (Å²) in [6.07, 6.45) is 6.24. The van der Waals surface area contributed by atoms with Crippen LogP contribution in [0, 0.1) is 23.1 Å². The van der Waals surface area contributed by atoms with E-state index in [9.17, 15) is 14.0 Å². The Bertz CT molecular complexity index is 1090. The Morgan fingerprint density at radius 2 is 1.68 bits per heavy atom. The monoisotopic (exact) mass is 525 g/mol. The van der Waals surface area contributed by atoms with Gasteiger partial charge in [0.05, 0.1) is 16.6 Å². The third-order valence-corrected chi connectivity index (χ3v) is 9.09. The Morgan fingerprint density at radius 1 is 1.00 bits per heavy atom. The van der Waals surface area contributed by atoms with Crippen LogP contribution < -0.4 is 5.32 Å². The van der Waals surface area contributed by atoms with Crippen molar-refractivity contribution in [3.05, 3.63) is 70.5 Å². The smallest absolute Gasteiger partial charge is 0.258 e. The summed E-state index contributed by atoms with van der Waals surface area (Å²) in [6, 6.07) is 14.6. The third kappa shape index (κ3) is 5.70. The van der Waals surface area contributed by atoms with E-state index in [1.165, 1.54) is 18.6 Å². The molecule has 2 amide bonds. The summed E-state index contributed by atoms with van der Waals surface area (Å²) in [4.78, 5) is 30.5. The van der Waals surface area contributed by atoms with Crippen molar-refractivity contribution in [3.63, 3.8) is 0 Å². The van der Waals surface area contributed by atoms with Crippen molar-refractivity contribution >= 4 is 23.4 Å². The third-order valence-electron chi connectivity index (χ3n) is 8.77. The highest BCUT2D eigenvalue weighted by atomic mass is 35.5. The number of nitrogens with zero attached hydrogens (tertiary/aromatic N) is 2. The molecule has 1 saturated carbocycles. The molecule has 1 aliphatic carbocycles. The van der Waals surface area contributed by atoms with E-state index in [0.717, 1.165) is 57.3 Å². The van der Waals surface area contributed by atoms with Crippen molar-refractivity contribution in [2.24, 2.45) is 17.3 Å². The number of halogens is 2. The predicted molar refractivity (Wildman–Crippen MR) is 144 cm³/mol. The SMILES string of the molecule is CC1(C(=O)N[C@@H](CCN2CC3CN(C(=O)c4c(F)cccc4Cl)CC3C2)c2ccccc2)CCCCC1. The lowest BCUT2D eigenvalue weighted by Crippen LogP contribution is -2.42. The second-order valence-corrected chi connectivity index (χ2v) is 11.8. The quantitative estimate of drug-likeness (QED) is 0.504. The van der Waals surface area contributed by atoms with Crippen LogP contribution in [0.3, 0.4) is 0 Å². The van der Waals surface area contributed by atoms with Crippen LogP contribution in [-0.4, -0.2) is 54.3 Å². The number of hydrogen-bond donors (Lipinski definition) is 1. The Kier molecular flexibility index (Phi) is 7.87. The number of amides is 2. The van der Waals surface area contributed by atoms with E-state index < -0.39 is 5.82 Å². The van der Waals surface area contributed by atoms with Gasteiger partial charge in [0.1, 0.15) is 5.82 Å². The maximum Gasteiger partial charge on any atom is 0.258 e. The molecule has 37 heavy (non-hydrogen) atoms. The van der Waals surface area contributed by atoms with Crippen molar-refractivity contribution in [2.45, 2.75) is 51.5 Å². The van der Waals surface area contributed by atoms with Crippen LogP contribution in [-0.2, 0) is 4.79 Å². The van der Waals surface area contributed by atoms with Crippen LogP contribution in [0.5, 0.6) is 0 Å². The molecule has 5 nitrogen and oxygen atoms in total. The number of nitrogens with one attached hydrogen (secondary N) is 1. The highest BCUT2D eigenvalue weighted by Crippen LogP contribution is 2.37. The topological polar surface area (TPSA) is 52.7 Å². The van der Waals surface area contributed by atoms with E-state index in [-0.39, 0.29) is 33.9 Å². The van der Waals surface area contributed by atoms with E-state index >= 15 is 0 Å². The summed E-state index contributed by atoms with van der Waals surface area (Å²) in [5, 5.41) is 3.57. The van der Waals surface area contributed by atoms with Crippen LogP contribution in [0.25, 0.3) is 0 Å². The molecular formula is C30H37ClFN3O2. The number of carbonyl (C=O) groups is 2. The normalized spacial score (nSPS) is 24.0. The molecular weight excluding hydrogens is 489 g/mol. The first kappa shape index (κ1) is 26.2. The molecule has 0 aromatic heterocycles. The van der Waals surface area contributed by atoms with Gasteiger partial charge in [-0.15, -0.1) is 0 Å². The molecule has 3 atom stereocenters. The second-order valence-electron chi connectivity index (χ2n) is 11.4. The molecule has 2 aliphatic heterocycles. The van der Waals surface area contributed by atoms with Gasteiger partial charge in [-0.05, 0) is 48.8 Å². The van der Waals surface area contributed by atoms with Gasteiger partial charge in [-0.1, -0.05) is 74.2 Å². The van der Waals surface area contributed by atoms with Crippen LogP contribution in [0.1, 0.15) is 67.4 Å². The largest absolute Gasteiger partial charge is 0.349 e. The summed E-state index contributed by atoms with van der Waals surface area (Å²) in [7, 11) is 0. The van der Waals surface area contributed by atoms with E-state index in [4.69, 9.17) is 11.6 Å². The fourth-order valence-electron chi connectivity index (χ4n) is 6.51. The van der Waals surface area contributed by atoms with Gasteiger partial charge < -0.3 is 15.1 Å². The molecule has 0 spiro atoms. The Balaban J connectivity index is 1.18. The number of fused-ring (bicyclic) bond motifs is 1. The van der Waals surface area contributed by atoms with Gasteiger partial charge in [0, 0.05) is 38.1 Å². The molecule has 0 radical (unpaired) electrons. The lowest BCUT2D eigenvalue weighted by molar-refractivity contribution is -0.132. The lowest BCUT2D eigenvalue weighted by atomic mass is 9.75. The number of likely N-dealkylation sites (tertiary alicyclic amines) is 2. The molecule has 2 saturated heterocycles. The van der Waals surface area contributed by atoms with Crippen LogP contribution in [0.4, 0.5) is 4.39 Å². The van der Waals surface area contributed by atoms with Gasteiger partial charge in [-0.3, -0.25) is 9.59 Å². The fraction of sp³-hybridized carbons (Fsp3) is 0.533. The second kappa shape index (κ2) is 11.1. The number of benzene rings is 2. The van der Waals surface area contributed by atoms with Crippen molar-refractivity contribution < 1.29 is 14.0 Å². The fourth-order valence-corrected chi connectivity index (χ4v) is 6.75. The number of hydrogen-bond acceptors (Lipinski definition) is 3. The highest BCUT2D eigenvalue weighted by Gasteiger charge is 2.42. The van der Waals surface area contributed by atoms with Crippen LogP contribution in [0.2, 0.25) is 5.02 Å². The van der Waals surface area contributed by atoms with E-state index in [1.54, 1.807) is 11.0 Å². The zero-order valence-electron chi connectivity index (χ0n) is 21.6. The van der Waals surface area contributed by atoms with Gasteiger partial charge >= 0.3 is 0 Å². The average Bonchev–Trinajstić information content (AvgIpc) is 3.46. The molecule has 3 aliphatic rings. The molecule has 7 heteroatoms. The molecule has 2 unspecified atom stereocenters. The molecule has 5 rings (SSSR count). The molecule has 1 N–H and O–H groups in total. The van der Waals surface area contributed by atoms with Gasteiger partial charge in [0.2, 0.25) is 5.91 Å². The molecule has 2 heterocycles. The Morgan fingerprint density at radius 3 is 2.32 bits per heavy atom.